The Hall–Kier alpha value is -0.310. The highest BCUT2D eigenvalue weighted by Gasteiger charge is 1.96. The smallest absolute Gasteiger partial charge is 0.256 e. The molecule has 0 saturated carbocycles. The maximum Gasteiger partial charge on any atom is 0.256 e. The fourth-order valence-corrected chi connectivity index (χ4v) is 0.810. The molecule has 66 valence electrons. The van der Waals surface area contributed by atoms with E-state index < -0.39 is 0 Å². The maximum atomic E-state index is 5.21. The lowest BCUT2D eigenvalue weighted by molar-refractivity contribution is 0.273. The Balaban J connectivity index is 3.17. The molecule has 0 fully saturated rings. The molecule has 0 spiro atoms. The van der Waals surface area contributed by atoms with E-state index in [2.05, 4.69) is 19.2 Å². The van der Waals surface area contributed by atoms with Crippen LogP contribution in [0.2, 0.25) is 0 Å². The molecule has 0 aromatic carbocycles. The van der Waals surface area contributed by atoms with Gasteiger partial charge in [-0.05, 0) is 31.5 Å². The summed E-state index contributed by atoms with van der Waals surface area (Å²) in [6.07, 6.45) is 1.06. The molecule has 0 rings (SSSR count). The highest BCUT2D eigenvalue weighted by Crippen LogP contribution is 1.98. The van der Waals surface area contributed by atoms with Crippen LogP contribution in [0.1, 0.15) is 27.2 Å². The molecule has 0 aliphatic heterocycles. The normalized spacial score (nSPS) is 9.82. The van der Waals surface area contributed by atoms with Crippen LogP contribution in [0.15, 0.2) is 0 Å². The van der Waals surface area contributed by atoms with E-state index in [1.54, 1.807) is 0 Å². The summed E-state index contributed by atoms with van der Waals surface area (Å²) in [5.41, 5.74) is 0. The fourth-order valence-electron chi connectivity index (χ4n) is 0.583. The minimum Gasteiger partial charge on any atom is -0.471 e. The molecule has 0 amide bonds. The van der Waals surface area contributed by atoms with Gasteiger partial charge in [-0.2, -0.15) is 0 Å². The van der Waals surface area contributed by atoms with Crippen molar-refractivity contribution in [1.29, 1.82) is 0 Å². The van der Waals surface area contributed by atoms with Crippen LogP contribution in [0.5, 0.6) is 0 Å². The third kappa shape index (κ3) is 7.59. The molecule has 0 unspecified atom stereocenters. The van der Waals surface area contributed by atoms with Crippen LogP contribution in [-0.2, 0) is 4.74 Å². The second kappa shape index (κ2) is 6.40. The Kier molecular flexibility index (Phi) is 6.22. The zero-order valence-corrected chi connectivity index (χ0v) is 8.33. The fraction of sp³-hybridized carbons (Fsp3) is 0.875. The number of ether oxygens (including phenoxy) is 1. The van der Waals surface area contributed by atoms with E-state index in [-0.39, 0.29) is 0 Å². The van der Waals surface area contributed by atoms with E-state index in [0.717, 1.165) is 19.6 Å². The summed E-state index contributed by atoms with van der Waals surface area (Å²) in [6, 6.07) is 0. The molecule has 0 bridgehead atoms. The second-order valence-electron chi connectivity index (χ2n) is 2.85. The van der Waals surface area contributed by atoms with Crippen molar-refractivity contribution in [1.82, 2.24) is 5.32 Å². The maximum absolute atomic E-state index is 5.21. The molecule has 0 saturated heterocycles. The van der Waals surface area contributed by atoms with E-state index in [1.165, 1.54) is 0 Å². The molecule has 0 aliphatic rings. The van der Waals surface area contributed by atoms with Crippen LogP contribution in [0.3, 0.4) is 0 Å². The van der Waals surface area contributed by atoms with Crippen molar-refractivity contribution >= 4 is 17.4 Å². The van der Waals surface area contributed by atoms with Crippen molar-refractivity contribution in [2.45, 2.75) is 27.2 Å². The highest BCUT2D eigenvalue weighted by molar-refractivity contribution is 7.80. The predicted octanol–water partition coefficient (Wildman–Crippen LogP) is 1.94. The Labute approximate surface area is 74.3 Å². The van der Waals surface area contributed by atoms with E-state index in [4.69, 9.17) is 17.0 Å². The average molecular weight is 175 g/mol. The van der Waals surface area contributed by atoms with Crippen LogP contribution >= 0.6 is 12.2 Å². The molecule has 2 nitrogen and oxygen atoms in total. The number of thiocarbonyl (C=S) groups is 1. The van der Waals surface area contributed by atoms with Gasteiger partial charge in [0, 0.05) is 6.54 Å². The number of hydrogen-bond donors (Lipinski definition) is 1. The number of hydrogen-bond acceptors (Lipinski definition) is 2. The summed E-state index contributed by atoms with van der Waals surface area (Å²) in [5, 5.41) is 3.45. The van der Waals surface area contributed by atoms with Gasteiger partial charge in [0.15, 0.2) is 0 Å². The summed E-state index contributed by atoms with van der Waals surface area (Å²) < 4.78 is 5.21. The van der Waals surface area contributed by atoms with Crippen molar-refractivity contribution in [2.24, 2.45) is 5.92 Å². The first-order valence-electron chi connectivity index (χ1n) is 4.07. The quantitative estimate of drug-likeness (QED) is 0.660. The molecular formula is C8H17NOS. The first-order chi connectivity index (χ1) is 5.16. The Morgan fingerprint density at radius 2 is 2.18 bits per heavy atom. The number of nitrogens with one attached hydrogen (secondary N) is 1. The van der Waals surface area contributed by atoms with E-state index in [9.17, 15) is 0 Å². The number of rotatable bonds is 4. The van der Waals surface area contributed by atoms with Crippen molar-refractivity contribution < 1.29 is 4.74 Å². The summed E-state index contributed by atoms with van der Waals surface area (Å²) in [5.74, 6) is 0.680. The Morgan fingerprint density at radius 3 is 2.64 bits per heavy atom. The first kappa shape index (κ1) is 10.7. The standard InChI is InChI=1S/C8H17NOS/c1-4-9-8(11)10-6-5-7(2)3/h7H,4-6H2,1-3H3,(H,9,11). The molecule has 3 heteroatoms. The van der Waals surface area contributed by atoms with Gasteiger partial charge in [0.05, 0.1) is 6.61 Å². The second-order valence-corrected chi connectivity index (χ2v) is 3.22. The van der Waals surface area contributed by atoms with Gasteiger partial charge >= 0.3 is 0 Å². The Bertz CT molecular complexity index is 115. The third-order valence-corrected chi connectivity index (χ3v) is 1.51. The molecule has 0 aliphatic carbocycles. The third-order valence-electron chi connectivity index (χ3n) is 1.25. The minimum absolute atomic E-state index is 0.521. The molecule has 0 heterocycles. The van der Waals surface area contributed by atoms with Gasteiger partial charge in [0.1, 0.15) is 0 Å². The summed E-state index contributed by atoms with van der Waals surface area (Å²) in [4.78, 5) is 0. The molecule has 11 heavy (non-hydrogen) atoms. The predicted molar refractivity (Wildman–Crippen MR) is 51.7 cm³/mol. The summed E-state index contributed by atoms with van der Waals surface area (Å²) >= 11 is 4.87. The monoisotopic (exact) mass is 175 g/mol. The average Bonchev–Trinajstić information content (AvgIpc) is 1.87. The Morgan fingerprint density at radius 1 is 1.55 bits per heavy atom. The lowest BCUT2D eigenvalue weighted by Crippen LogP contribution is -2.24. The van der Waals surface area contributed by atoms with E-state index >= 15 is 0 Å². The van der Waals surface area contributed by atoms with Crippen molar-refractivity contribution in [3.05, 3.63) is 0 Å². The van der Waals surface area contributed by atoms with Crippen molar-refractivity contribution in [3.63, 3.8) is 0 Å². The molecule has 0 atom stereocenters. The van der Waals surface area contributed by atoms with Crippen LogP contribution in [0.4, 0.5) is 0 Å². The first-order valence-corrected chi connectivity index (χ1v) is 4.48. The lowest BCUT2D eigenvalue weighted by atomic mass is 10.1. The molecule has 0 aromatic heterocycles. The highest BCUT2D eigenvalue weighted by atomic mass is 32.1. The molecule has 0 aromatic rings. The molecule has 0 radical (unpaired) electrons. The summed E-state index contributed by atoms with van der Waals surface area (Å²) in [7, 11) is 0. The van der Waals surface area contributed by atoms with Gasteiger partial charge in [-0.15, -0.1) is 0 Å². The lowest BCUT2D eigenvalue weighted by Gasteiger charge is -2.08. The van der Waals surface area contributed by atoms with Crippen LogP contribution < -0.4 is 5.32 Å². The van der Waals surface area contributed by atoms with Gasteiger partial charge in [-0.25, -0.2) is 0 Å². The van der Waals surface area contributed by atoms with Crippen molar-refractivity contribution in [2.75, 3.05) is 13.2 Å². The zero-order valence-electron chi connectivity index (χ0n) is 7.52. The SMILES string of the molecule is CCNC(=S)OCCC(C)C. The van der Waals surface area contributed by atoms with Crippen LogP contribution in [0.25, 0.3) is 0 Å². The summed E-state index contributed by atoms with van der Waals surface area (Å²) in [6.45, 7) is 7.89. The largest absolute Gasteiger partial charge is 0.471 e. The zero-order chi connectivity index (χ0) is 8.69. The van der Waals surface area contributed by atoms with Crippen LogP contribution in [0, 0.1) is 5.92 Å². The van der Waals surface area contributed by atoms with E-state index in [0.29, 0.717) is 11.1 Å². The van der Waals surface area contributed by atoms with Gasteiger partial charge in [0.2, 0.25) is 0 Å². The van der Waals surface area contributed by atoms with Gasteiger partial charge in [-0.1, -0.05) is 13.8 Å². The minimum atomic E-state index is 0.521. The van der Waals surface area contributed by atoms with Gasteiger partial charge in [-0.3, -0.25) is 0 Å². The van der Waals surface area contributed by atoms with Gasteiger partial charge in [0.25, 0.3) is 5.17 Å². The molecule has 1 N–H and O–H groups in total. The van der Waals surface area contributed by atoms with Crippen LogP contribution in [-0.4, -0.2) is 18.3 Å². The van der Waals surface area contributed by atoms with Gasteiger partial charge < -0.3 is 10.1 Å². The van der Waals surface area contributed by atoms with Crippen molar-refractivity contribution in [3.8, 4) is 0 Å². The topological polar surface area (TPSA) is 21.3 Å². The molecular weight excluding hydrogens is 158 g/mol. The van der Waals surface area contributed by atoms with E-state index in [1.807, 2.05) is 6.92 Å².